The summed E-state index contributed by atoms with van der Waals surface area (Å²) >= 11 is 0. The molecule has 16 heavy (non-hydrogen) atoms. The van der Waals surface area contributed by atoms with Gasteiger partial charge in [0.1, 0.15) is 6.10 Å². The van der Waals surface area contributed by atoms with Crippen molar-refractivity contribution in [1.82, 2.24) is 20.4 Å². The van der Waals surface area contributed by atoms with Gasteiger partial charge in [0.05, 0.1) is 18.8 Å². The van der Waals surface area contributed by atoms with Gasteiger partial charge in [0.25, 0.3) is 5.91 Å². The van der Waals surface area contributed by atoms with Crippen molar-refractivity contribution in [2.45, 2.75) is 12.6 Å². The van der Waals surface area contributed by atoms with E-state index in [1.54, 1.807) is 4.68 Å². The quantitative estimate of drug-likeness (QED) is 0.693. The second-order valence-electron chi connectivity index (χ2n) is 3.76. The minimum atomic E-state index is -0.377. The molecule has 0 aromatic carbocycles. The lowest BCUT2D eigenvalue weighted by Crippen LogP contribution is -2.47. The van der Waals surface area contributed by atoms with Crippen molar-refractivity contribution in [3.63, 3.8) is 0 Å². The molecule has 0 bridgehead atoms. The summed E-state index contributed by atoms with van der Waals surface area (Å²) in [6, 6.07) is 1.88. The molecule has 0 aliphatic carbocycles. The lowest BCUT2D eigenvalue weighted by molar-refractivity contribution is -0.134. The van der Waals surface area contributed by atoms with E-state index in [2.05, 4.69) is 15.7 Å². The molecular formula is C10H16N4O2. The highest BCUT2D eigenvalue weighted by atomic mass is 16.5. The molecule has 1 atom stereocenters. The highest BCUT2D eigenvalue weighted by molar-refractivity contribution is 5.81. The molecule has 0 radical (unpaired) electrons. The van der Waals surface area contributed by atoms with Crippen molar-refractivity contribution in [2.24, 2.45) is 7.05 Å². The fourth-order valence-electron chi connectivity index (χ4n) is 1.58. The fourth-order valence-corrected chi connectivity index (χ4v) is 1.58. The van der Waals surface area contributed by atoms with E-state index in [9.17, 15) is 4.79 Å². The van der Waals surface area contributed by atoms with Gasteiger partial charge in [0.15, 0.2) is 0 Å². The summed E-state index contributed by atoms with van der Waals surface area (Å²) in [6.45, 7) is 2.42. The summed E-state index contributed by atoms with van der Waals surface area (Å²) in [4.78, 5) is 11.7. The van der Waals surface area contributed by atoms with Gasteiger partial charge in [0.2, 0.25) is 0 Å². The summed E-state index contributed by atoms with van der Waals surface area (Å²) in [5.41, 5.74) is 0.847. The van der Waals surface area contributed by atoms with Crippen molar-refractivity contribution in [3.8, 4) is 0 Å². The van der Waals surface area contributed by atoms with E-state index in [0.717, 1.165) is 12.2 Å². The summed E-state index contributed by atoms with van der Waals surface area (Å²) in [6.07, 6.45) is 1.47. The minimum absolute atomic E-state index is 0.0853. The first kappa shape index (κ1) is 11.1. The Morgan fingerprint density at radius 1 is 1.81 bits per heavy atom. The Hall–Kier alpha value is -1.40. The van der Waals surface area contributed by atoms with Crippen molar-refractivity contribution < 1.29 is 9.53 Å². The number of hydrogen-bond acceptors (Lipinski definition) is 4. The van der Waals surface area contributed by atoms with Gasteiger partial charge in [-0.1, -0.05) is 0 Å². The van der Waals surface area contributed by atoms with Gasteiger partial charge >= 0.3 is 0 Å². The second-order valence-corrected chi connectivity index (χ2v) is 3.76. The molecule has 6 nitrogen and oxygen atoms in total. The molecular weight excluding hydrogens is 208 g/mol. The average molecular weight is 224 g/mol. The van der Waals surface area contributed by atoms with E-state index >= 15 is 0 Å². The van der Waals surface area contributed by atoms with E-state index in [1.807, 2.05) is 19.3 Å². The zero-order chi connectivity index (χ0) is 11.4. The number of nitrogens with zero attached hydrogens (tertiary/aromatic N) is 2. The number of hydrogen-bond donors (Lipinski definition) is 2. The van der Waals surface area contributed by atoms with Crippen molar-refractivity contribution in [1.29, 1.82) is 0 Å². The molecule has 1 aromatic heterocycles. The maximum Gasteiger partial charge on any atom is 0.250 e. The van der Waals surface area contributed by atoms with E-state index in [1.165, 1.54) is 0 Å². The number of aryl methyl sites for hydroxylation is 1. The molecule has 2 rings (SSSR count). The molecule has 2 N–H and O–H groups in total. The SMILES string of the molecule is Cn1ccc(CNC(=O)C2CNCCO2)n1. The van der Waals surface area contributed by atoms with Gasteiger partial charge in [-0.05, 0) is 6.07 Å². The molecule has 0 spiro atoms. The number of carbonyl (C=O) groups excluding carboxylic acids is 1. The molecule has 1 saturated heterocycles. The van der Waals surface area contributed by atoms with Crippen LogP contribution in [0, 0.1) is 0 Å². The van der Waals surface area contributed by atoms with Gasteiger partial charge < -0.3 is 15.4 Å². The number of nitrogens with one attached hydrogen (secondary N) is 2. The minimum Gasteiger partial charge on any atom is -0.366 e. The van der Waals surface area contributed by atoms with Gasteiger partial charge in [-0.25, -0.2) is 0 Å². The molecule has 1 unspecified atom stereocenters. The molecule has 1 aliphatic rings. The number of morpholine rings is 1. The van der Waals surface area contributed by atoms with Crippen LogP contribution in [0.3, 0.4) is 0 Å². The van der Waals surface area contributed by atoms with Crippen LogP contribution in [0.2, 0.25) is 0 Å². The summed E-state index contributed by atoms with van der Waals surface area (Å²) in [7, 11) is 1.85. The second kappa shape index (κ2) is 5.09. The van der Waals surface area contributed by atoms with Crippen LogP contribution in [0.25, 0.3) is 0 Å². The molecule has 6 heteroatoms. The number of ether oxygens (including phenoxy) is 1. The molecule has 1 aliphatic heterocycles. The highest BCUT2D eigenvalue weighted by Gasteiger charge is 2.21. The van der Waals surface area contributed by atoms with Crippen molar-refractivity contribution in [2.75, 3.05) is 19.7 Å². The molecule has 1 aromatic rings. The van der Waals surface area contributed by atoms with Gasteiger partial charge in [-0.15, -0.1) is 0 Å². The first-order valence-corrected chi connectivity index (χ1v) is 5.34. The van der Waals surface area contributed by atoms with Crippen LogP contribution in [-0.2, 0) is 23.1 Å². The van der Waals surface area contributed by atoms with E-state index < -0.39 is 0 Å². The van der Waals surface area contributed by atoms with E-state index in [0.29, 0.717) is 19.7 Å². The number of rotatable bonds is 3. The van der Waals surface area contributed by atoms with E-state index in [4.69, 9.17) is 4.74 Å². The lowest BCUT2D eigenvalue weighted by Gasteiger charge is -2.22. The Bertz CT molecular complexity index is 357. The Kier molecular flexibility index (Phi) is 3.53. The Balaban J connectivity index is 1.78. The lowest BCUT2D eigenvalue weighted by atomic mass is 10.3. The van der Waals surface area contributed by atoms with Crippen LogP contribution in [0.1, 0.15) is 5.69 Å². The van der Waals surface area contributed by atoms with Crippen molar-refractivity contribution in [3.05, 3.63) is 18.0 Å². The predicted octanol–water partition coefficient (Wildman–Crippen LogP) is -0.975. The summed E-state index contributed by atoms with van der Waals surface area (Å²) in [5, 5.41) is 10.1. The predicted molar refractivity (Wildman–Crippen MR) is 57.7 cm³/mol. The molecule has 88 valence electrons. The van der Waals surface area contributed by atoms with Gasteiger partial charge in [-0.2, -0.15) is 5.10 Å². The zero-order valence-electron chi connectivity index (χ0n) is 9.27. The normalized spacial score (nSPS) is 20.7. The van der Waals surface area contributed by atoms with Crippen LogP contribution < -0.4 is 10.6 Å². The largest absolute Gasteiger partial charge is 0.366 e. The smallest absolute Gasteiger partial charge is 0.250 e. The number of amides is 1. The summed E-state index contributed by atoms with van der Waals surface area (Å²) in [5.74, 6) is -0.0853. The van der Waals surface area contributed by atoms with Crippen LogP contribution >= 0.6 is 0 Å². The number of aromatic nitrogens is 2. The average Bonchev–Trinajstić information content (AvgIpc) is 2.73. The highest BCUT2D eigenvalue weighted by Crippen LogP contribution is 1.98. The maximum atomic E-state index is 11.7. The van der Waals surface area contributed by atoms with E-state index in [-0.39, 0.29) is 12.0 Å². The van der Waals surface area contributed by atoms with Crippen molar-refractivity contribution >= 4 is 5.91 Å². The number of carbonyl (C=O) groups is 1. The zero-order valence-corrected chi connectivity index (χ0v) is 9.27. The monoisotopic (exact) mass is 224 g/mol. The topological polar surface area (TPSA) is 68.2 Å². The standard InChI is InChI=1S/C10H16N4O2/c1-14-4-2-8(13-14)6-12-10(15)9-7-11-3-5-16-9/h2,4,9,11H,3,5-7H2,1H3,(H,12,15). The van der Waals surface area contributed by atoms with Crippen LogP contribution in [0.15, 0.2) is 12.3 Å². The van der Waals surface area contributed by atoms with Crippen LogP contribution in [0.4, 0.5) is 0 Å². The van der Waals surface area contributed by atoms with Gasteiger partial charge in [-0.3, -0.25) is 9.48 Å². The molecule has 1 fully saturated rings. The Morgan fingerprint density at radius 2 is 2.69 bits per heavy atom. The third-order valence-electron chi connectivity index (χ3n) is 2.43. The Morgan fingerprint density at radius 3 is 3.31 bits per heavy atom. The third kappa shape index (κ3) is 2.80. The molecule has 2 heterocycles. The Labute approximate surface area is 94.0 Å². The van der Waals surface area contributed by atoms with Crippen LogP contribution in [0.5, 0.6) is 0 Å². The maximum absolute atomic E-state index is 11.7. The molecule has 1 amide bonds. The third-order valence-corrected chi connectivity index (χ3v) is 2.43. The first-order chi connectivity index (χ1) is 7.75. The fraction of sp³-hybridized carbons (Fsp3) is 0.600. The molecule has 0 saturated carbocycles. The van der Waals surface area contributed by atoms with Crippen LogP contribution in [-0.4, -0.2) is 41.5 Å². The van der Waals surface area contributed by atoms with Gasteiger partial charge in [0, 0.05) is 26.3 Å². The summed E-state index contributed by atoms with van der Waals surface area (Å²) < 4.78 is 7.04. The first-order valence-electron chi connectivity index (χ1n) is 5.34.